The zero-order chi connectivity index (χ0) is 11.4. The molecule has 0 amide bonds. The Morgan fingerprint density at radius 2 is 2.12 bits per heavy atom. The average molecular weight is 233 g/mol. The van der Waals surface area contributed by atoms with Crippen LogP contribution in [0.15, 0.2) is 42.6 Å². The molecule has 2 rings (SSSR count). The van der Waals surface area contributed by atoms with E-state index < -0.39 is 0 Å². The van der Waals surface area contributed by atoms with Crippen LogP contribution < -0.4 is 5.32 Å². The van der Waals surface area contributed by atoms with Crippen LogP contribution in [0.5, 0.6) is 0 Å². The minimum absolute atomic E-state index is 0.726. The maximum absolute atomic E-state index is 5.89. The molecule has 0 fully saturated rings. The number of nitrogens with one attached hydrogen (secondary N) is 1. The normalized spacial score (nSPS) is 10.1. The zero-order valence-electron chi connectivity index (χ0n) is 9.07. The van der Waals surface area contributed by atoms with Gasteiger partial charge in [0.2, 0.25) is 0 Å². The summed E-state index contributed by atoms with van der Waals surface area (Å²) in [5, 5.41) is 4.10. The van der Waals surface area contributed by atoms with Gasteiger partial charge < -0.3 is 5.32 Å². The maximum atomic E-state index is 5.89. The van der Waals surface area contributed by atoms with E-state index in [4.69, 9.17) is 11.6 Å². The Balaban J connectivity index is 2.05. The Labute approximate surface area is 100 Å². The van der Waals surface area contributed by atoms with Gasteiger partial charge in [0.1, 0.15) is 0 Å². The monoisotopic (exact) mass is 232 g/mol. The second-order valence-corrected chi connectivity index (χ2v) is 4.07. The molecule has 0 spiro atoms. The quantitative estimate of drug-likeness (QED) is 0.874. The fraction of sp³-hybridized carbons (Fsp3) is 0.154. The first kappa shape index (κ1) is 11.0. The molecule has 0 bridgehead atoms. The maximum Gasteiger partial charge on any atom is 0.0594 e. The van der Waals surface area contributed by atoms with Crippen molar-refractivity contribution in [2.75, 3.05) is 5.32 Å². The minimum atomic E-state index is 0.726. The van der Waals surface area contributed by atoms with Gasteiger partial charge in [-0.05, 0) is 42.8 Å². The molecule has 82 valence electrons. The lowest BCUT2D eigenvalue weighted by atomic mass is 10.2. The Kier molecular flexibility index (Phi) is 3.42. The molecule has 1 heterocycles. The van der Waals surface area contributed by atoms with Gasteiger partial charge in [-0.2, -0.15) is 0 Å². The number of pyridine rings is 1. The first-order chi connectivity index (χ1) is 7.75. The summed E-state index contributed by atoms with van der Waals surface area (Å²) in [6.45, 7) is 2.76. The van der Waals surface area contributed by atoms with Crippen molar-refractivity contribution in [1.29, 1.82) is 0 Å². The van der Waals surface area contributed by atoms with Crippen LogP contribution in [0.3, 0.4) is 0 Å². The number of hydrogen-bond acceptors (Lipinski definition) is 2. The Morgan fingerprint density at radius 1 is 1.25 bits per heavy atom. The lowest BCUT2D eigenvalue weighted by molar-refractivity contribution is 1.04. The highest BCUT2D eigenvalue weighted by atomic mass is 35.5. The van der Waals surface area contributed by atoms with E-state index >= 15 is 0 Å². The predicted octanol–water partition coefficient (Wildman–Crippen LogP) is 3.66. The summed E-state index contributed by atoms with van der Waals surface area (Å²) in [5.74, 6) is 0. The molecule has 0 aliphatic rings. The van der Waals surface area contributed by atoms with E-state index in [-0.39, 0.29) is 0 Å². The summed E-state index contributed by atoms with van der Waals surface area (Å²) in [6.07, 6.45) is 1.80. The molecule has 0 radical (unpaired) electrons. The average Bonchev–Trinajstić information content (AvgIpc) is 2.29. The molecule has 0 atom stereocenters. The van der Waals surface area contributed by atoms with Crippen LogP contribution in [0.4, 0.5) is 5.69 Å². The predicted molar refractivity (Wildman–Crippen MR) is 67.8 cm³/mol. The Hall–Kier alpha value is -1.54. The van der Waals surface area contributed by atoms with Gasteiger partial charge >= 0.3 is 0 Å². The molecule has 0 aliphatic heterocycles. The molecule has 1 N–H and O–H groups in total. The van der Waals surface area contributed by atoms with Gasteiger partial charge in [0.25, 0.3) is 0 Å². The van der Waals surface area contributed by atoms with Gasteiger partial charge in [-0.3, -0.25) is 4.98 Å². The summed E-state index contributed by atoms with van der Waals surface area (Å²) in [6, 6.07) is 11.7. The van der Waals surface area contributed by atoms with Gasteiger partial charge in [0.05, 0.1) is 12.2 Å². The van der Waals surface area contributed by atoms with Crippen molar-refractivity contribution in [3.63, 3.8) is 0 Å². The first-order valence-corrected chi connectivity index (χ1v) is 5.53. The van der Waals surface area contributed by atoms with Crippen LogP contribution in [0.2, 0.25) is 5.02 Å². The van der Waals surface area contributed by atoms with E-state index in [0.29, 0.717) is 0 Å². The van der Waals surface area contributed by atoms with Gasteiger partial charge in [0, 0.05) is 16.9 Å². The summed E-state index contributed by atoms with van der Waals surface area (Å²) < 4.78 is 0. The van der Waals surface area contributed by atoms with Crippen molar-refractivity contribution in [2.24, 2.45) is 0 Å². The highest BCUT2D eigenvalue weighted by molar-refractivity contribution is 6.30. The molecule has 0 saturated carbocycles. The molecule has 0 unspecified atom stereocenters. The number of halogens is 1. The van der Waals surface area contributed by atoms with Crippen LogP contribution >= 0.6 is 11.6 Å². The molecule has 1 aromatic carbocycles. The van der Waals surface area contributed by atoms with Crippen LogP contribution in [-0.4, -0.2) is 4.98 Å². The van der Waals surface area contributed by atoms with Gasteiger partial charge in [0.15, 0.2) is 0 Å². The van der Waals surface area contributed by atoms with Crippen LogP contribution in [0.1, 0.15) is 11.3 Å². The lowest BCUT2D eigenvalue weighted by Crippen LogP contribution is -2.02. The van der Waals surface area contributed by atoms with E-state index in [2.05, 4.69) is 10.3 Å². The number of aromatic nitrogens is 1. The number of anilines is 1. The molecule has 2 nitrogen and oxygen atoms in total. The summed E-state index contributed by atoms with van der Waals surface area (Å²) >= 11 is 5.89. The summed E-state index contributed by atoms with van der Waals surface area (Å²) in [7, 11) is 0. The van der Waals surface area contributed by atoms with E-state index in [1.165, 1.54) is 0 Å². The lowest BCUT2D eigenvalue weighted by Gasteiger charge is -2.09. The number of benzene rings is 1. The van der Waals surface area contributed by atoms with E-state index in [1.807, 2.05) is 43.3 Å². The number of nitrogens with zero attached hydrogens (tertiary/aromatic N) is 1. The number of rotatable bonds is 3. The topological polar surface area (TPSA) is 24.9 Å². The van der Waals surface area contributed by atoms with E-state index in [1.54, 1.807) is 6.20 Å². The van der Waals surface area contributed by atoms with Crippen LogP contribution in [0.25, 0.3) is 0 Å². The number of aryl methyl sites for hydroxylation is 1. The molecular formula is C13H13ClN2. The number of hydrogen-bond donors (Lipinski definition) is 1. The molecule has 3 heteroatoms. The van der Waals surface area contributed by atoms with Crippen LogP contribution in [-0.2, 0) is 6.54 Å². The fourth-order valence-corrected chi connectivity index (χ4v) is 1.74. The summed E-state index contributed by atoms with van der Waals surface area (Å²) in [4.78, 5) is 4.25. The molecular weight excluding hydrogens is 220 g/mol. The fourth-order valence-electron chi connectivity index (χ4n) is 1.51. The molecule has 0 aliphatic carbocycles. The molecule has 2 aromatic rings. The van der Waals surface area contributed by atoms with Crippen molar-refractivity contribution in [1.82, 2.24) is 4.98 Å². The van der Waals surface area contributed by atoms with Crippen molar-refractivity contribution in [3.05, 3.63) is 58.9 Å². The van der Waals surface area contributed by atoms with Gasteiger partial charge in [-0.15, -0.1) is 0 Å². The molecule has 16 heavy (non-hydrogen) atoms. The zero-order valence-corrected chi connectivity index (χ0v) is 9.83. The van der Waals surface area contributed by atoms with Gasteiger partial charge in [-0.1, -0.05) is 17.7 Å². The standard InChI is InChI=1S/C13H13ClN2/c1-10-8-11(14)5-6-13(10)16-9-12-4-2-3-7-15-12/h2-8,16H,9H2,1H3. The molecule has 1 aromatic heterocycles. The van der Waals surface area contributed by atoms with Crippen molar-refractivity contribution in [3.8, 4) is 0 Å². The first-order valence-electron chi connectivity index (χ1n) is 5.15. The highest BCUT2D eigenvalue weighted by Crippen LogP contribution is 2.19. The Bertz CT molecular complexity index is 469. The summed E-state index contributed by atoms with van der Waals surface area (Å²) in [5.41, 5.74) is 3.26. The van der Waals surface area contributed by atoms with Crippen molar-refractivity contribution >= 4 is 17.3 Å². The van der Waals surface area contributed by atoms with Crippen molar-refractivity contribution in [2.45, 2.75) is 13.5 Å². The second kappa shape index (κ2) is 4.99. The van der Waals surface area contributed by atoms with E-state index in [0.717, 1.165) is 28.5 Å². The van der Waals surface area contributed by atoms with Gasteiger partial charge in [-0.25, -0.2) is 0 Å². The third kappa shape index (κ3) is 2.74. The highest BCUT2D eigenvalue weighted by Gasteiger charge is 1.99. The third-order valence-corrected chi connectivity index (χ3v) is 2.61. The Morgan fingerprint density at radius 3 is 2.81 bits per heavy atom. The van der Waals surface area contributed by atoms with Crippen LogP contribution in [0, 0.1) is 6.92 Å². The minimum Gasteiger partial charge on any atom is -0.379 e. The van der Waals surface area contributed by atoms with E-state index in [9.17, 15) is 0 Å². The second-order valence-electron chi connectivity index (χ2n) is 3.63. The largest absolute Gasteiger partial charge is 0.379 e. The van der Waals surface area contributed by atoms with Crippen molar-refractivity contribution < 1.29 is 0 Å². The third-order valence-electron chi connectivity index (χ3n) is 2.37. The smallest absolute Gasteiger partial charge is 0.0594 e. The SMILES string of the molecule is Cc1cc(Cl)ccc1NCc1ccccn1. The molecule has 0 saturated heterocycles.